The van der Waals surface area contributed by atoms with E-state index in [-0.39, 0.29) is 5.75 Å². The van der Waals surface area contributed by atoms with E-state index < -0.39 is 0 Å². The lowest BCUT2D eigenvalue weighted by Crippen LogP contribution is -1.98. The zero-order valence-electron chi connectivity index (χ0n) is 13.6. The molecule has 7 nitrogen and oxygen atoms in total. The minimum absolute atomic E-state index is 0.216. The van der Waals surface area contributed by atoms with Gasteiger partial charge >= 0.3 is 0 Å². The van der Waals surface area contributed by atoms with Crippen LogP contribution < -0.4 is 5.43 Å². The number of fused-ring (bicyclic) bond motifs is 3. The molecule has 0 aliphatic carbocycles. The highest BCUT2D eigenvalue weighted by molar-refractivity contribution is 6.03. The second-order valence-corrected chi connectivity index (χ2v) is 5.65. The van der Waals surface area contributed by atoms with Gasteiger partial charge in [-0.05, 0) is 53.9 Å². The molecule has 0 fully saturated rings. The highest BCUT2D eigenvalue weighted by atomic mass is 16.3. The van der Waals surface area contributed by atoms with Crippen LogP contribution in [0.3, 0.4) is 0 Å². The second-order valence-electron chi connectivity index (χ2n) is 5.65. The van der Waals surface area contributed by atoms with Crippen molar-refractivity contribution in [1.82, 2.24) is 20.2 Å². The summed E-state index contributed by atoms with van der Waals surface area (Å²) in [7, 11) is 0. The number of hydrogen-bond donors (Lipinski definition) is 3. The number of rotatable bonds is 4. The lowest BCUT2D eigenvalue weighted by atomic mass is 10.1. The molecule has 0 atom stereocenters. The molecule has 25 heavy (non-hydrogen) atoms. The molecular weight excluding hydrogens is 316 g/mol. The van der Waals surface area contributed by atoms with Gasteiger partial charge in [-0.15, -0.1) is 10.2 Å². The monoisotopic (exact) mass is 332 g/mol. The molecule has 3 N–H and O–H groups in total. The predicted octanol–water partition coefficient (Wildman–Crippen LogP) is 3.22. The summed E-state index contributed by atoms with van der Waals surface area (Å²) in [5.41, 5.74) is 7.26. The number of nitrogens with one attached hydrogen (secondary N) is 2. The summed E-state index contributed by atoms with van der Waals surface area (Å²) in [6, 6.07) is 12.9. The normalized spacial score (nSPS) is 11.6. The van der Waals surface area contributed by atoms with Crippen molar-refractivity contribution in [1.29, 1.82) is 0 Å². The fourth-order valence-corrected chi connectivity index (χ4v) is 2.61. The molecule has 124 valence electrons. The van der Waals surface area contributed by atoms with Crippen LogP contribution in [0.4, 0.5) is 5.95 Å². The molecule has 0 radical (unpaired) electrons. The van der Waals surface area contributed by atoms with E-state index in [1.807, 2.05) is 6.07 Å². The number of aromatic amines is 1. The van der Waals surface area contributed by atoms with Crippen LogP contribution in [-0.4, -0.2) is 31.5 Å². The standard InChI is InChI=1S/C18H16N6O/c1-2-11-5-8-15-14(9-11)16-17(20-15)21-18(24-22-16)23-19-10-12-3-6-13(25)7-4-12/h3-10,25H,2H2,1H3,(H2,20,21,23,24)/b19-10-. The molecule has 2 aromatic carbocycles. The molecule has 7 heteroatoms. The maximum absolute atomic E-state index is 9.26. The number of aromatic hydroxyl groups is 1. The largest absolute Gasteiger partial charge is 0.508 e. The third-order valence-corrected chi connectivity index (χ3v) is 3.96. The van der Waals surface area contributed by atoms with E-state index in [1.165, 1.54) is 5.56 Å². The fourth-order valence-electron chi connectivity index (χ4n) is 2.61. The van der Waals surface area contributed by atoms with Crippen molar-refractivity contribution >= 4 is 34.2 Å². The molecule has 0 unspecified atom stereocenters. The van der Waals surface area contributed by atoms with Gasteiger partial charge in [0, 0.05) is 10.9 Å². The SMILES string of the molecule is CCc1ccc2[nH]c3nc(N/N=C\c4ccc(O)cc4)nnc3c2c1. The maximum atomic E-state index is 9.26. The Morgan fingerprint density at radius 3 is 2.80 bits per heavy atom. The summed E-state index contributed by atoms with van der Waals surface area (Å²) in [6.45, 7) is 2.12. The number of phenolic OH excluding ortho intramolecular Hbond substituents is 1. The van der Waals surface area contributed by atoms with Gasteiger partial charge in [0.05, 0.1) is 6.21 Å². The molecule has 2 heterocycles. The molecule has 0 amide bonds. The summed E-state index contributed by atoms with van der Waals surface area (Å²) < 4.78 is 0. The summed E-state index contributed by atoms with van der Waals surface area (Å²) in [5.74, 6) is 0.526. The van der Waals surface area contributed by atoms with E-state index in [1.54, 1.807) is 30.5 Å². The van der Waals surface area contributed by atoms with Crippen molar-refractivity contribution in [2.45, 2.75) is 13.3 Å². The van der Waals surface area contributed by atoms with Gasteiger partial charge in [-0.1, -0.05) is 13.0 Å². The number of aryl methyl sites for hydroxylation is 1. The Kier molecular flexibility index (Phi) is 3.74. The molecule has 0 saturated heterocycles. The van der Waals surface area contributed by atoms with Crippen LogP contribution >= 0.6 is 0 Å². The number of H-pyrrole nitrogens is 1. The Morgan fingerprint density at radius 1 is 1.16 bits per heavy atom. The second kappa shape index (κ2) is 6.20. The quantitative estimate of drug-likeness (QED) is 0.394. The predicted molar refractivity (Wildman–Crippen MR) is 97.9 cm³/mol. The first-order valence-corrected chi connectivity index (χ1v) is 7.96. The number of anilines is 1. The molecule has 4 rings (SSSR count). The third kappa shape index (κ3) is 2.99. The van der Waals surface area contributed by atoms with Crippen molar-refractivity contribution in [3.8, 4) is 5.75 Å². The zero-order chi connectivity index (χ0) is 17.2. The zero-order valence-corrected chi connectivity index (χ0v) is 13.6. The first-order valence-electron chi connectivity index (χ1n) is 7.96. The lowest BCUT2D eigenvalue weighted by Gasteiger charge is -1.98. The van der Waals surface area contributed by atoms with Crippen LogP contribution in [0.5, 0.6) is 5.75 Å². The van der Waals surface area contributed by atoms with Gasteiger partial charge in [0.2, 0.25) is 0 Å². The van der Waals surface area contributed by atoms with E-state index in [2.05, 4.69) is 49.7 Å². The lowest BCUT2D eigenvalue weighted by molar-refractivity contribution is 0.475. The minimum atomic E-state index is 0.216. The van der Waals surface area contributed by atoms with Gasteiger partial charge in [0.25, 0.3) is 5.95 Å². The van der Waals surface area contributed by atoms with E-state index in [4.69, 9.17) is 0 Å². The average molecular weight is 332 g/mol. The van der Waals surface area contributed by atoms with Crippen LogP contribution in [0, 0.1) is 0 Å². The van der Waals surface area contributed by atoms with Crippen LogP contribution in [0.15, 0.2) is 47.6 Å². The summed E-state index contributed by atoms with van der Waals surface area (Å²) in [5, 5.41) is 22.7. The Morgan fingerprint density at radius 2 is 2.00 bits per heavy atom. The number of hydrazone groups is 1. The summed E-state index contributed by atoms with van der Waals surface area (Å²) >= 11 is 0. The van der Waals surface area contributed by atoms with Gasteiger partial charge in [-0.2, -0.15) is 10.1 Å². The van der Waals surface area contributed by atoms with Crippen molar-refractivity contribution in [2.75, 3.05) is 5.43 Å². The van der Waals surface area contributed by atoms with Gasteiger partial charge in [0.15, 0.2) is 5.65 Å². The van der Waals surface area contributed by atoms with Gasteiger partial charge < -0.3 is 10.1 Å². The Labute approximate surface area is 143 Å². The number of benzene rings is 2. The molecule has 0 aliphatic heterocycles. The molecule has 4 aromatic rings. The smallest absolute Gasteiger partial charge is 0.265 e. The van der Waals surface area contributed by atoms with Crippen molar-refractivity contribution in [2.24, 2.45) is 5.10 Å². The molecule has 0 aliphatic rings. The maximum Gasteiger partial charge on any atom is 0.265 e. The van der Waals surface area contributed by atoms with Crippen molar-refractivity contribution < 1.29 is 5.11 Å². The Hall–Kier alpha value is -3.48. The average Bonchev–Trinajstić information content (AvgIpc) is 3.00. The minimum Gasteiger partial charge on any atom is -0.508 e. The topological polar surface area (TPSA) is 99.1 Å². The molecular formula is C18H16N6O. The van der Waals surface area contributed by atoms with E-state index in [9.17, 15) is 5.11 Å². The van der Waals surface area contributed by atoms with Crippen LogP contribution in [0.1, 0.15) is 18.1 Å². The molecule has 0 spiro atoms. The van der Waals surface area contributed by atoms with Crippen LogP contribution in [0.25, 0.3) is 22.1 Å². The van der Waals surface area contributed by atoms with E-state index in [0.717, 1.165) is 28.4 Å². The molecule has 0 saturated carbocycles. The number of phenols is 1. The fraction of sp³-hybridized carbons (Fsp3) is 0.111. The Balaban J connectivity index is 1.60. The number of aromatic nitrogens is 4. The summed E-state index contributed by atoms with van der Waals surface area (Å²) in [4.78, 5) is 7.67. The first-order chi connectivity index (χ1) is 12.2. The highest BCUT2D eigenvalue weighted by Gasteiger charge is 2.09. The van der Waals surface area contributed by atoms with Crippen LogP contribution in [0.2, 0.25) is 0 Å². The van der Waals surface area contributed by atoms with Gasteiger partial charge in [0.1, 0.15) is 11.3 Å². The first kappa shape index (κ1) is 15.1. The Bertz CT molecular complexity index is 1070. The summed E-state index contributed by atoms with van der Waals surface area (Å²) in [6.07, 6.45) is 2.58. The van der Waals surface area contributed by atoms with Gasteiger partial charge in [-0.3, -0.25) is 0 Å². The van der Waals surface area contributed by atoms with Crippen LogP contribution in [-0.2, 0) is 6.42 Å². The van der Waals surface area contributed by atoms with Crippen molar-refractivity contribution in [3.63, 3.8) is 0 Å². The van der Waals surface area contributed by atoms with Gasteiger partial charge in [-0.25, -0.2) is 5.43 Å². The van der Waals surface area contributed by atoms with Crippen molar-refractivity contribution in [3.05, 3.63) is 53.6 Å². The highest BCUT2D eigenvalue weighted by Crippen LogP contribution is 2.23. The van der Waals surface area contributed by atoms with E-state index >= 15 is 0 Å². The van der Waals surface area contributed by atoms with E-state index in [0.29, 0.717) is 11.6 Å². The number of nitrogens with zero attached hydrogens (tertiary/aromatic N) is 4. The third-order valence-electron chi connectivity index (χ3n) is 3.96. The number of hydrogen-bond acceptors (Lipinski definition) is 6. The molecule has 0 bridgehead atoms. The molecule has 2 aromatic heterocycles.